The van der Waals surface area contributed by atoms with Crippen molar-refractivity contribution in [3.8, 4) is 0 Å². The van der Waals surface area contributed by atoms with E-state index in [2.05, 4.69) is 5.32 Å². The Hall–Kier alpha value is -2.41. The van der Waals surface area contributed by atoms with Crippen LogP contribution in [0.1, 0.15) is 39.2 Å². The molecule has 1 aromatic carbocycles. The molecule has 148 valence electrons. The molecule has 1 aromatic rings. The van der Waals surface area contributed by atoms with Crippen LogP contribution < -0.4 is 5.32 Å². The second-order valence-electron chi connectivity index (χ2n) is 7.53. The molecule has 0 saturated carbocycles. The molecule has 0 aromatic heterocycles. The predicted octanol–water partition coefficient (Wildman–Crippen LogP) is 1.65. The Kier molecular flexibility index (Phi) is 7.36. The standard InChI is InChI=1S/C20H28N2O5/c1-20(2,3)27-19(25)16-10-7-11-22(16)17(23)12-21-13-18(24)26-14-15-8-5-4-6-9-15/h4-6,8-9,16,21H,7,10-14H2,1-3H3/t16-/m0/s1. The van der Waals surface area contributed by atoms with Crippen molar-refractivity contribution in [2.24, 2.45) is 0 Å². The number of hydrogen-bond donors (Lipinski definition) is 1. The maximum Gasteiger partial charge on any atom is 0.329 e. The van der Waals surface area contributed by atoms with Gasteiger partial charge >= 0.3 is 11.9 Å². The second-order valence-corrected chi connectivity index (χ2v) is 7.53. The molecule has 0 aliphatic carbocycles. The zero-order valence-corrected chi connectivity index (χ0v) is 16.2. The first kappa shape index (κ1) is 20.9. The van der Waals surface area contributed by atoms with Gasteiger partial charge in [-0.2, -0.15) is 0 Å². The van der Waals surface area contributed by atoms with E-state index in [-0.39, 0.29) is 31.6 Å². The topological polar surface area (TPSA) is 84.9 Å². The van der Waals surface area contributed by atoms with Gasteiger partial charge in [-0.05, 0) is 39.2 Å². The monoisotopic (exact) mass is 376 g/mol. The van der Waals surface area contributed by atoms with Gasteiger partial charge in [0.05, 0.1) is 13.1 Å². The molecule has 1 fully saturated rings. The number of carbonyl (C=O) groups is 3. The van der Waals surface area contributed by atoms with Gasteiger partial charge in [0.1, 0.15) is 18.2 Å². The highest BCUT2D eigenvalue weighted by atomic mass is 16.6. The summed E-state index contributed by atoms with van der Waals surface area (Å²) in [6.07, 6.45) is 1.36. The number of nitrogens with zero attached hydrogens (tertiary/aromatic N) is 1. The molecule has 27 heavy (non-hydrogen) atoms. The summed E-state index contributed by atoms with van der Waals surface area (Å²) < 4.78 is 10.5. The van der Waals surface area contributed by atoms with E-state index < -0.39 is 17.6 Å². The van der Waals surface area contributed by atoms with Crippen LogP contribution in [0.5, 0.6) is 0 Å². The molecule has 0 unspecified atom stereocenters. The smallest absolute Gasteiger partial charge is 0.329 e. The lowest BCUT2D eigenvalue weighted by molar-refractivity contribution is -0.163. The van der Waals surface area contributed by atoms with Crippen LogP contribution in [0, 0.1) is 0 Å². The van der Waals surface area contributed by atoms with Crippen molar-refractivity contribution in [2.75, 3.05) is 19.6 Å². The minimum absolute atomic E-state index is 0.0280. The van der Waals surface area contributed by atoms with Crippen LogP contribution >= 0.6 is 0 Å². The number of benzene rings is 1. The van der Waals surface area contributed by atoms with Gasteiger partial charge in [-0.3, -0.25) is 14.9 Å². The van der Waals surface area contributed by atoms with Crippen LogP contribution in [0.15, 0.2) is 30.3 Å². The van der Waals surface area contributed by atoms with Gasteiger partial charge in [0, 0.05) is 6.54 Å². The minimum atomic E-state index is -0.588. The molecule has 1 amide bonds. The summed E-state index contributed by atoms with van der Waals surface area (Å²) >= 11 is 0. The summed E-state index contributed by atoms with van der Waals surface area (Å²) in [6.45, 7) is 6.02. The number of ether oxygens (including phenoxy) is 2. The number of carbonyl (C=O) groups excluding carboxylic acids is 3. The quantitative estimate of drug-likeness (QED) is 0.729. The van der Waals surface area contributed by atoms with Crippen LogP contribution in [0.2, 0.25) is 0 Å². The van der Waals surface area contributed by atoms with Crippen molar-refractivity contribution in [3.63, 3.8) is 0 Å². The number of likely N-dealkylation sites (tertiary alicyclic amines) is 1. The summed E-state index contributed by atoms with van der Waals surface area (Å²) in [7, 11) is 0. The fourth-order valence-corrected chi connectivity index (χ4v) is 2.84. The van der Waals surface area contributed by atoms with Crippen LogP contribution in [0.3, 0.4) is 0 Å². The molecule has 1 aliphatic rings. The Morgan fingerprint density at radius 3 is 2.52 bits per heavy atom. The van der Waals surface area contributed by atoms with Crippen LogP contribution in [-0.4, -0.2) is 54.0 Å². The molecule has 7 nitrogen and oxygen atoms in total. The van der Waals surface area contributed by atoms with Crippen LogP contribution in [0.25, 0.3) is 0 Å². The van der Waals surface area contributed by atoms with E-state index in [0.29, 0.717) is 13.0 Å². The predicted molar refractivity (Wildman–Crippen MR) is 99.7 cm³/mol. The molecule has 7 heteroatoms. The lowest BCUT2D eigenvalue weighted by Crippen LogP contribution is -2.47. The number of rotatable bonds is 7. The molecule has 0 radical (unpaired) electrons. The second kappa shape index (κ2) is 9.50. The zero-order valence-electron chi connectivity index (χ0n) is 16.2. The summed E-state index contributed by atoms with van der Waals surface area (Å²) in [5.74, 6) is -1.04. The summed E-state index contributed by atoms with van der Waals surface area (Å²) in [4.78, 5) is 37.9. The van der Waals surface area contributed by atoms with Gasteiger partial charge < -0.3 is 14.4 Å². The minimum Gasteiger partial charge on any atom is -0.460 e. The maximum atomic E-state index is 12.4. The Morgan fingerprint density at radius 1 is 1.15 bits per heavy atom. The highest BCUT2D eigenvalue weighted by Gasteiger charge is 2.36. The number of esters is 2. The third-order valence-corrected chi connectivity index (χ3v) is 4.04. The normalized spacial score (nSPS) is 16.9. The van der Waals surface area contributed by atoms with Crippen molar-refractivity contribution in [2.45, 2.75) is 51.9 Å². The Balaban J connectivity index is 1.72. The van der Waals surface area contributed by atoms with E-state index in [1.165, 1.54) is 4.90 Å². The molecular formula is C20H28N2O5. The van der Waals surface area contributed by atoms with Crippen LogP contribution in [-0.2, 0) is 30.5 Å². The van der Waals surface area contributed by atoms with E-state index in [4.69, 9.17) is 9.47 Å². The third-order valence-electron chi connectivity index (χ3n) is 4.04. The highest BCUT2D eigenvalue weighted by molar-refractivity contribution is 5.86. The summed E-state index contributed by atoms with van der Waals surface area (Å²) in [6, 6.07) is 8.82. The average molecular weight is 376 g/mol. The van der Waals surface area contributed by atoms with E-state index in [9.17, 15) is 14.4 Å². The molecule has 1 N–H and O–H groups in total. The zero-order chi connectivity index (χ0) is 19.9. The highest BCUT2D eigenvalue weighted by Crippen LogP contribution is 2.21. The van der Waals surface area contributed by atoms with Crippen molar-refractivity contribution >= 4 is 17.8 Å². The largest absolute Gasteiger partial charge is 0.460 e. The van der Waals surface area contributed by atoms with E-state index in [1.54, 1.807) is 20.8 Å². The fraction of sp³-hybridized carbons (Fsp3) is 0.550. The van der Waals surface area contributed by atoms with E-state index in [1.807, 2.05) is 30.3 Å². The molecule has 2 rings (SSSR count). The van der Waals surface area contributed by atoms with Crippen LogP contribution in [0.4, 0.5) is 0 Å². The Bertz CT molecular complexity index is 654. The SMILES string of the molecule is CC(C)(C)OC(=O)[C@@H]1CCCN1C(=O)CNCC(=O)OCc1ccccc1. The van der Waals surface area contributed by atoms with Crippen molar-refractivity contribution in [1.29, 1.82) is 0 Å². The molecule has 0 bridgehead atoms. The number of amides is 1. The molecule has 1 atom stereocenters. The Labute approximate surface area is 160 Å². The molecule has 1 saturated heterocycles. The van der Waals surface area contributed by atoms with Gasteiger partial charge in [-0.25, -0.2) is 4.79 Å². The van der Waals surface area contributed by atoms with Gasteiger partial charge in [0.15, 0.2) is 0 Å². The van der Waals surface area contributed by atoms with E-state index >= 15 is 0 Å². The molecular weight excluding hydrogens is 348 g/mol. The van der Waals surface area contributed by atoms with Gasteiger partial charge in [0.2, 0.25) is 5.91 Å². The molecule has 0 spiro atoms. The summed E-state index contributed by atoms with van der Waals surface area (Å²) in [5.41, 5.74) is 0.314. The van der Waals surface area contributed by atoms with Gasteiger partial charge in [-0.15, -0.1) is 0 Å². The van der Waals surface area contributed by atoms with E-state index in [0.717, 1.165) is 12.0 Å². The third kappa shape index (κ3) is 7.02. The lowest BCUT2D eigenvalue weighted by atomic mass is 10.1. The first-order valence-electron chi connectivity index (χ1n) is 9.19. The molecule has 1 aliphatic heterocycles. The van der Waals surface area contributed by atoms with Crippen molar-refractivity contribution < 1.29 is 23.9 Å². The summed E-state index contributed by atoms with van der Waals surface area (Å²) in [5, 5.41) is 2.79. The van der Waals surface area contributed by atoms with Crippen molar-refractivity contribution in [3.05, 3.63) is 35.9 Å². The molecule has 1 heterocycles. The first-order chi connectivity index (χ1) is 12.8. The van der Waals surface area contributed by atoms with Crippen molar-refractivity contribution in [1.82, 2.24) is 10.2 Å². The first-order valence-corrected chi connectivity index (χ1v) is 9.19. The lowest BCUT2D eigenvalue weighted by Gasteiger charge is -2.27. The number of nitrogens with one attached hydrogen (secondary N) is 1. The van der Waals surface area contributed by atoms with Gasteiger partial charge in [-0.1, -0.05) is 30.3 Å². The fourth-order valence-electron chi connectivity index (χ4n) is 2.84. The van der Waals surface area contributed by atoms with Gasteiger partial charge in [0.25, 0.3) is 0 Å². The Morgan fingerprint density at radius 2 is 1.85 bits per heavy atom. The average Bonchev–Trinajstić information content (AvgIpc) is 3.09. The number of hydrogen-bond acceptors (Lipinski definition) is 6. The maximum absolute atomic E-state index is 12.4.